The van der Waals surface area contributed by atoms with Gasteiger partial charge in [0.25, 0.3) is 5.91 Å². The van der Waals surface area contributed by atoms with Crippen molar-refractivity contribution in [2.45, 2.75) is 6.92 Å². The number of amides is 1. The first-order chi connectivity index (χ1) is 13.4. The Hall–Kier alpha value is -2.96. The fourth-order valence-electron chi connectivity index (χ4n) is 3.10. The second-order valence-corrected chi connectivity index (χ2v) is 8.03. The molecule has 0 aliphatic carbocycles. The third kappa shape index (κ3) is 3.32. The average Bonchev–Trinajstić information content (AvgIpc) is 3.05. The molecule has 0 aliphatic heterocycles. The van der Waals surface area contributed by atoms with Gasteiger partial charge in [-0.25, -0.2) is 4.98 Å². The summed E-state index contributed by atoms with van der Waals surface area (Å²) in [6.45, 7) is 1.95. The summed E-state index contributed by atoms with van der Waals surface area (Å²) in [5.74, 6) is -0.490. The molecule has 7 heteroatoms. The first kappa shape index (κ1) is 18.4. The summed E-state index contributed by atoms with van der Waals surface area (Å²) in [5, 5.41) is 4.07. The van der Waals surface area contributed by atoms with Crippen molar-refractivity contribution in [3.63, 3.8) is 0 Å². The van der Waals surface area contributed by atoms with Crippen LogP contribution in [0.15, 0.2) is 59.5 Å². The van der Waals surface area contributed by atoms with Gasteiger partial charge in [-0.2, -0.15) is 0 Å². The third-order valence-electron chi connectivity index (χ3n) is 4.46. The van der Waals surface area contributed by atoms with Crippen LogP contribution in [0.3, 0.4) is 0 Å². The van der Waals surface area contributed by atoms with Gasteiger partial charge in [0, 0.05) is 34.1 Å². The Kier molecular flexibility index (Phi) is 4.75. The zero-order valence-corrected chi connectivity index (χ0v) is 16.8. The van der Waals surface area contributed by atoms with Gasteiger partial charge in [-0.1, -0.05) is 41.9 Å². The van der Waals surface area contributed by atoms with Crippen LogP contribution in [0.4, 0.5) is 5.13 Å². The molecule has 0 atom stereocenters. The van der Waals surface area contributed by atoms with E-state index in [1.165, 1.54) is 17.5 Å². The standard InChI is InChI=1S/C21H16ClN3O2S/c1-12-18(13-6-4-3-5-7-13)23-21(28-12)24-20(27)16-11-25(2)17-9-8-14(22)10-15(17)19(16)26/h3-11H,1-2H3,(H,23,24,27). The van der Waals surface area contributed by atoms with Crippen molar-refractivity contribution >= 4 is 44.9 Å². The molecule has 0 saturated carbocycles. The van der Waals surface area contributed by atoms with Crippen LogP contribution in [-0.4, -0.2) is 15.5 Å². The fraction of sp³-hybridized carbons (Fsp3) is 0.0952. The SMILES string of the molecule is Cc1sc(NC(=O)c2cn(C)c3ccc(Cl)cc3c2=O)nc1-c1ccccc1. The van der Waals surface area contributed by atoms with Crippen LogP contribution in [0.1, 0.15) is 15.2 Å². The molecule has 1 amide bonds. The summed E-state index contributed by atoms with van der Waals surface area (Å²) in [6.07, 6.45) is 1.53. The Morgan fingerprint density at radius 3 is 2.68 bits per heavy atom. The topological polar surface area (TPSA) is 64.0 Å². The second kappa shape index (κ2) is 7.22. The summed E-state index contributed by atoms with van der Waals surface area (Å²) in [4.78, 5) is 31.1. The smallest absolute Gasteiger partial charge is 0.262 e. The number of carbonyl (C=O) groups excluding carboxylic acids is 1. The van der Waals surface area contributed by atoms with Crippen LogP contribution in [0.25, 0.3) is 22.2 Å². The molecule has 2 aromatic carbocycles. The highest BCUT2D eigenvalue weighted by atomic mass is 35.5. The Bertz CT molecular complexity index is 1260. The van der Waals surface area contributed by atoms with E-state index in [1.54, 1.807) is 29.8 Å². The zero-order chi connectivity index (χ0) is 19.8. The highest BCUT2D eigenvalue weighted by molar-refractivity contribution is 7.16. The van der Waals surface area contributed by atoms with Crippen molar-refractivity contribution < 1.29 is 4.79 Å². The van der Waals surface area contributed by atoms with Crippen LogP contribution in [-0.2, 0) is 7.05 Å². The molecule has 0 radical (unpaired) electrons. The number of nitrogens with one attached hydrogen (secondary N) is 1. The Labute approximate surface area is 170 Å². The molecule has 2 aromatic heterocycles. The van der Waals surface area contributed by atoms with Crippen LogP contribution in [0.5, 0.6) is 0 Å². The molecule has 4 aromatic rings. The number of anilines is 1. The van der Waals surface area contributed by atoms with E-state index < -0.39 is 5.91 Å². The second-order valence-electron chi connectivity index (χ2n) is 6.39. The molecule has 4 rings (SSSR count). The van der Waals surface area contributed by atoms with Crippen LogP contribution >= 0.6 is 22.9 Å². The number of benzene rings is 2. The lowest BCUT2D eigenvalue weighted by molar-refractivity contribution is 0.102. The van der Waals surface area contributed by atoms with Gasteiger partial charge in [-0.15, -0.1) is 11.3 Å². The van der Waals surface area contributed by atoms with E-state index in [2.05, 4.69) is 10.3 Å². The molecule has 0 spiro atoms. The lowest BCUT2D eigenvalue weighted by Gasteiger charge is -2.09. The predicted molar refractivity (Wildman–Crippen MR) is 114 cm³/mol. The number of halogens is 1. The maximum atomic E-state index is 12.8. The molecule has 28 heavy (non-hydrogen) atoms. The van der Waals surface area contributed by atoms with E-state index in [0.29, 0.717) is 21.1 Å². The summed E-state index contributed by atoms with van der Waals surface area (Å²) < 4.78 is 1.74. The quantitative estimate of drug-likeness (QED) is 0.524. The number of thiazole rings is 1. The Morgan fingerprint density at radius 1 is 1.18 bits per heavy atom. The minimum absolute atomic E-state index is 0.0476. The van der Waals surface area contributed by atoms with Crippen molar-refractivity contribution in [1.29, 1.82) is 0 Å². The fourth-order valence-corrected chi connectivity index (χ4v) is 4.11. The average molecular weight is 410 g/mol. The van der Waals surface area contributed by atoms with Gasteiger partial charge in [-0.05, 0) is 25.1 Å². The molecule has 0 unspecified atom stereocenters. The molecule has 0 fully saturated rings. The number of hydrogen-bond acceptors (Lipinski definition) is 4. The molecule has 5 nitrogen and oxygen atoms in total. The number of aromatic nitrogens is 2. The highest BCUT2D eigenvalue weighted by Crippen LogP contribution is 2.30. The van der Waals surface area contributed by atoms with Gasteiger partial charge in [0.2, 0.25) is 5.43 Å². The number of fused-ring (bicyclic) bond motifs is 1. The molecular formula is C21H16ClN3O2S. The number of rotatable bonds is 3. The number of carbonyl (C=O) groups is 1. The van der Waals surface area contributed by atoms with E-state index in [1.807, 2.05) is 37.3 Å². The molecule has 2 heterocycles. The molecule has 0 bridgehead atoms. The first-order valence-electron chi connectivity index (χ1n) is 8.57. The lowest BCUT2D eigenvalue weighted by Crippen LogP contribution is -2.23. The monoisotopic (exact) mass is 409 g/mol. The highest BCUT2D eigenvalue weighted by Gasteiger charge is 2.17. The summed E-state index contributed by atoms with van der Waals surface area (Å²) >= 11 is 7.40. The molecule has 0 aliphatic rings. The minimum atomic E-state index is -0.490. The normalized spacial score (nSPS) is 11.0. The van der Waals surface area contributed by atoms with Gasteiger partial charge in [0.05, 0.1) is 11.2 Å². The summed E-state index contributed by atoms with van der Waals surface area (Å²) in [6, 6.07) is 14.8. The van der Waals surface area contributed by atoms with Gasteiger partial charge >= 0.3 is 0 Å². The van der Waals surface area contributed by atoms with Crippen molar-refractivity contribution in [2.75, 3.05) is 5.32 Å². The van der Waals surface area contributed by atoms with Gasteiger partial charge < -0.3 is 4.57 Å². The maximum Gasteiger partial charge on any atom is 0.262 e. The van der Waals surface area contributed by atoms with Crippen molar-refractivity contribution in [3.05, 3.63) is 80.4 Å². The van der Waals surface area contributed by atoms with E-state index in [4.69, 9.17) is 11.6 Å². The predicted octanol–water partition coefficient (Wildman–Crippen LogP) is 4.88. The van der Waals surface area contributed by atoms with E-state index >= 15 is 0 Å². The van der Waals surface area contributed by atoms with Crippen LogP contribution in [0.2, 0.25) is 5.02 Å². The van der Waals surface area contributed by atoms with Crippen molar-refractivity contribution in [2.24, 2.45) is 7.05 Å². The number of pyridine rings is 1. The number of aryl methyl sites for hydroxylation is 2. The minimum Gasteiger partial charge on any atom is -0.350 e. The number of hydrogen-bond donors (Lipinski definition) is 1. The largest absolute Gasteiger partial charge is 0.350 e. The zero-order valence-electron chi connectivity index (χ0n) is 15.2. The van der Waals surface area contributed by atoms with E-state index in [0.717, 1.165) is 16.1 Å². The number of nitrogens with zero attached hydrogens (tertiary/aromatic N) is 2. The molecular weight excluding hydrogens is 394 g/mol. The first-order valence-corrected chi connectivity index (χ1v) is 9.76. The maximum absolute atomic E-state index is 12.8. The Balaban J connectivity index is 1.70. The van der Waals surface area contributed by atoms with Gasteiger partial charge in [0.15, 0.2) is 5.13 Å². The van der Waals surface area contributed by atoms with Gasteiger partial charge in [0.1, 0.15) is 5.56 Å². The van der Waals surface area contributed by atoms with Gasteiger partial charge in [-0.3, -0.25) is 14.9 Å². The molecule has 1 N–H and O–H groups in total. The lowest BCUT2D eigenvalue weighted by atomic mass is 10.1. The van der Waals surface area contributed by atoms with E-state index in [-0.39, 0.29) is 11.0 Å². The van der Waals surface area contributed by atoms with Crippen molar-refractivity contribution in [1.82, 2.24) is 9.55 Å². The Morgan fingerprint density at radius 2 is 1.93 bits per heavy atom. The van der Waals surface area contributed by atoms with Crippen LogP contribution in [0, 0.1) is 6.92 Å². The third-order valence-corrected chi connectivity index (χ3v) is 5.58. The summed E-state index contributed by atoms with van der Waals surface area (Å²) in [5.41, 5.74) is 2.20. The molecule has 0 saturated heterocycles. The van der Waals surface area contributed by atoms with E-state index in [9.17, 15) is 9.59 Å². The summed E-state index contributed by atoms with van der Waals surface area (Å²) in [7, 11) is 1.79. The van der Waals surface area contributed by atoms with Crippen LogP contribution < -0.4 is 10.7 Å². The van der Waals surface area contributed by atoms with Crippen molar-refractivity contribution in [3.8, 4) is 11.3 Å². The molecule has 140 valence electrons.